The van der Waals surface area contributed by atoms with E-state index in [4.69, 9.17) is 10.2 Å². The molecule has 0 bridgehead atoms. The average Bonchev–Trinajstić information content (AvgIpc) is 2.90. The van der Waals surface area contributed by atoms with Crippen molar-refractivity contribution in [3.63, 3.8) is 0 Å². The highest BCUT2D eigenvalue weighted by Crippen LogP contribution is 2.18. The number of carboxylic acids is 2. The number of aromatic nitrogens is 2. The van der Waals surface area contributed by atoms with Crippen molar-refractivity contribution < 1.29 is 24.4 Å². The van der Waals surface area contributed by atoms with Crippen LogP contribution in [0.5, 0.6) is 0 Å². The average molecular weight is 317 g/mol. The summed E-state index contributed by atoms with van der Waals surface area (Å²) in [6, 6.07) is 9.87. The van der Waals surface area contributed by atoms with Gasteiger partial charge in [0, 0.05) is 18.4 Å². The summed E-state index contributed by atoms with van der Waals surface area (Å²) in [5.41, 5.74) is 2.06. The first-order valence-corrected chi connectivity index (χ1v) is 7.64. The van der Waals surface area contributed by atoms with Gasteiger partial charge in [0.1, 0.15) is 6.20 Å². The number of nitrogens with zero attached hydrogens (tertiary/aromatic N) is 2. The molecule has 0 amide bonds. The number of imidazole rings is 1. The molecule has 122 valence electrons. The molecule has 1 aromatic heterocycles. The summed E-state index contributed by atoms with van der Waals surface area (Å²) in [7, 11) is 0. The molecule has 2 rings (SSSR count). The van der Waals surface area contributed by atoms with E-state index >= 15 is 0 Å². The van der Waals surface area contributed by atoms with E-state index in [2.05, 4.69) is 0 Å². The smallest absolute Gasteiger partial charge is 0.303 e. The fourth-order valence-electron chi connectivity index (χ4n) is 2.47. The van der Waals surface area contributed by atoms with Crippen molar-refractivity contribution >= 4 is 11.9 Å². The van der Waals surface area contributed by atoms with E-state index < -0.39 is 11.9 Å². The van der Waals surface area contributed by atoms with Gasteiger partial charge in [0.15, 0.2) is 5.69 Å². The summed E-state index contributed by atoms with van der Waals surface area (Å²) in [6.45, 7) is 1.24. The first kappa shape index (κ1) is 16.7. The lowest BCUT2D eigenvalue weighted by atomic mass is 10.1. The molecule has 2 aromatic rings. The van der Waals surface area contributed by atoms with Gasteiger partial charge < -0.3 is 10.2 Å². The van der Waals surface area contributed by atoms with E-state index in [1.54, 1.807) is 0 Å². The summed E-state index contributed by atoms with van der Waals surface area (Å²) in [5, 5.41) is 17.5. The van der Waals surface area contributed by atoms with E-state index in [0.717, 1.165) is 11.3 Å². The molecule has 0 radical (unpaired) electrons. The Bertz CT molecular complexity index is 664. The van der Waals surface area contributed by atoms with Crippen LogP contribution in [0.4, 0.5) is 0 Å². The second-order valence-corrected chi connectivity index (χ2v) is 5.42. The maximum atomic E-state index is 10.7. The minimum absolute atomic E-state index is 0.130. The zero-order valence-corrected chi connectivity index (χ0v) is 12.9. The molecule has 0 aliphatic carbocycles. The number of carbonyl (C=O) groups is 2. The van der Waals surface area contributed by atoms with E-state index in [1.165, 1.54) is 0 Å². The fraction of sp³-hybridized carbons (Fsp3) is 0.353. The topological polar surface area (TPSA) is 83.4 Å². The minimum Gasteiger partial charge on any atom is -0.481 e. The van der Waals surface area contributed by atoms with Crippen molar-refractivity contribution in [2.45, 2.75) is 38.8 Å². The zero-order chi connectivity index (χ0) is 16.7. The van der Waals surface area contributed by atoms with Gasteiger partial charge in [-0.25, -0.2) is 9.13 Å². The molecule has 6 heteroatoms. The summed E-state index contributed by atoms with van der Waals surface area (Å²) in [5.74, 6) is -1.59. The fourth-order valence-corrected chi connectivity index (χ4v) is 2.47. The van der Waals surface area contributed by atoms with Crippen LogP contribution in [0.3, 0.4) is 0 Å². The minimum atomic E-state index is -0.798. The largest absolute Gasteiger partial charge is 0.481 e. The van der Waals surface area contributed by atoms with Crippen LogP contribution < -0.4 is 4.57 Å². The predicted octanol–water partition coefficient (Wildman–Crippen LogP) is 2.17. The summed E-state index contributed by atoms with van der Waals surface area (Å²) >= 11 is 0. The Hall–Kier alpha value is -2.63. The number of rotatable bonds is 9. The number of hydrogen-bond donors (Lipinski definition) is 2. The highest BCUT2D eigenvalue weighted by molar-refractivity contribution is 5.66. The third kappa shape index (κ3) is 5.25. The van der Waals surface area contributed by atoms with Gasteiger partial charge in [-0.2, -0.15) is 0 Å². The maximum Gasteiger partial charge on any atom is 0.303 e. The standard InChI is InChI=1S/C17H20N2O4/c20-16(21)8-4-10-18-12-15(14-6-2-1-3-7-14)19(13-18)11-5-9-17(22)23/h1-3,6-7,12-13H,4-5,8-11H2,(H-,20,21,22,23)/p+1. The Labute approximate surface area is 134 Å². The lowest BCUT2D eigenvalue weighted by Gasteiger charge is -2.00. The monoisotopic (exact) mass is 317 g/mol. The van der Waals surface area contributed by atoms with Gasteiger partial charge in [-0.1, -0.05) is 30.3 Å². The number of carboxylic acid groups (broad SMARTS) is 2. The molecule has 6 nitrogen and oxygen atoms in total. The highest BCUT2D eigenvalue weighted by Gasteiger charge is 2.15. The van der Waals surface area contributed by atoms with Gasteiger partial charge in [0.05, 0.1) is 13.1 Å². The molecule has 0 saturated carbocycles. The second-order valence-electron chi connectivity index (χ2n) is 5.42. The molecule has 0 spiro atoms. The number of aliphatic carboxylic acids is 2. The Balaban J connectivity index is 2.14. The van der Waals surface area contributed by atoms with Gasteiger partial charge in [0.25, 0.3) is 0 Å². The van der Waals surface area contributed by atoms with Gasteiger partial charge in [-0.3, -0.25) is 9.59 Å². The first-order chi connectivity index (χ1) is 11.1. The quantitative estimate of drug-likeness (QED) is 0.694. The molecule has 23 heavy (non-hydrogen) atoms. The van der Waals surface area contributed by atoms with Crippen molar-refractivity contribution in [2.24, 2.45) is 0 Å². The lowest BCUT2D eigenvalue weighted by Crippen LogP contribution is -2.31. The van der Waals surface area contributed by atoms with Gasteiger partial charge in [-0.05, 0) is 12.8 Å². The first-order valence-electron chi connectivity index (χ1n) is 7.64. The molecule has 0 atom stereocenters. The molecule has 0 unspecified atom stereocenters. The molecular formula is C17H21N2O4+. The Morgan fingerprint density at radius 3 is 2.30 bits per heavy atom. The third-order valence-electron chi connectivity index (χ3n) is 3.55. The van der Waals surface area contributed by atoms with Crippen molar-refractivity contribution in [1.29, 1.82) is 0 Å². The van der Waals surface area contributed by atoms with Crippen LogP contribution in [0.1, 0.15) is 25.7 Å². The van der Waals surface area contributed by atoms with Crippen LogP contribution in [0.25, 0.3) is 11.3 Å². The molecule has 2 N–H and O–H groups in total. The van der Waals surface area contributed by atoms with Gasteiger partial charge in [-0.15, -0.1) is 0 Å². The predicted molar refractivity (Wildman–Crippen MR) is 83.8 cm³/mol. The molecular weight excluding hydrogens is 296 g/mol. The third-order valence-corrected chi connectivity index (χ3v) is 3.55. The van der Waals surface area contributed by atoms with Crippen LogP contribution in [0.15, 0.2) is 42.9 Å². The van der Waals surface area contributed by atoms with Crippen LogP contribution in [-0.4, -0.2) is 26.7 Å². The van der Waals surface area contributed by atoms with Gasteiger partial charge >= 0.3 is 11.9 Å². The molecule has 1 heterocycles. The molecule has 0 fully saturated rings. The maximum absolute atomic E-state index is 10.7. The molecule has 0 aliphatic heterocycles. The van der Waals surface area contributed by atoms with Gasteiger partial charge in [0.2, 0.25) is 6.33 Å². The molecule has 1 aromatic carbocycles. The summed E-state index contributed by atoms with van der Waals surface area (Å²) < 4.78 is 3.99. The van der Waals surface area contributed by atoms with Crippen molar-refractivity contribution in [1.82, 2.24) is 4.57 Å². The normalized spacial score (nSPS) is 10.6. The molecule has 0 saturated heterocycles. The zero-order valence-electron chi connectivity index (χ0n) is 12.9. The summed E-state index contributed by atoms with van der Waals surface area (Å²) in [6.07, 6.45) is 5.29. The van der Waals surface area contributed by atoms with Crippen molar-refractivity contribution in [2.75, 3.05) is 0 Å². The second kappa shape index (κ2) is 8.12. The van der Waals surface area contributed by atoms with E-state index in [1.807, 2.05) is 52.0 Å². The van der Waals surface area contributed by atoms with Crippen molar-refractivity contribution in [3.8, 4) is 11.3 Å². The van der Waals surface area contributed by atoms with E-state index in [0.29, 0.717) is 25.9 Å². The van der Waals surface area contributed by atoms with Crippen molar-refractivity contribution in [3.05, 3.63) is 42.9 Å². The Morgan fingerprint density at radius 1 is 1.00 bits per heavy atom. The molecule has 0 aliphatic rings. The summed E-state index contributed by atoms with van der Waals surface area (Å²) in [4.78, 5) is 21.3. The van der Waals surface area contributed by atoms with Crippen LogP contribution in [0.2, 0.25) is 0 Å². The van der Waals surface area contributed by atoms with E-state index in [-0.39, 0.29) is 12.8 Å². The number of hydrogen-bond acceptors (Lipinski definition) is 2. The van der Waals surface area contributed by atoms with E-state index in [9.17, 15) is 9.59 Å². The Morgan fingerprint density at radius 2 is 1.65 bits per heavy atom. The SMILES string of the molecule is O=C(O)CCCn1c[n+](CCCC(=O)O)cc1-c1ccccc1. The van der Waals surface area contributed by atoms with Crippen LogP contribution >= 0.6 is 0 Å². The highest BCUT2D eigenvalue weighted by atomic mass is 16.4. The lowest BCUT2D eigenvalue weighted by molar-refractivity contribution is -0.696. The van der Waals surface area contributed by atoms with Crippen LogP contribution in [-0.2, 0) is 22.7 Å². The van der Waals surface area contributed by atoms with Crippen LogP contribution in [0, 0.1) is 0 Å². The Kier molecular flexibility index (Phi) is 5.91. The number of aryl methyl sites for hydroxylation is 2. The number of benzene rings is 1.